The number of rotatable bonds is 13. The number of aliphatic hydroxyl groups is 2. The Balaban J connectivity index is 0. The predicted molar refractivity (Wildman–Crippen MR) is 99.8 cm³/mol. The van der Waals surface area contributed by atoms with Gasteiger partial charge in [0.15, 0.2) is 0 Å². The molecule has 0 aliphatic heterocycles. The molecule has 0 aliphatic rings. The summed E-state index contributed by atoms with van der Waals surface area (Å²) in [6, 6.07) is 0. The minimum absolute atomic E-state index is 0.0170. The summed E-state index contributed by atoms with van der Waals surface area (Å²) in [5, 5.41) is 26.6. The first-order valence-electron chi connectivity index (χ1n) is 9.44. The summed E-state index contributed by atoms with van der Waals surface area (Å²) in [6.07, 6.45) is 3.77. The first-order valence-corrected chi connectivity index (χ1v) is 9.44. The quantitative estimate of drug-likeness (QED) is 0.464. The van der Waals surface area contributed by atoms with Crippen LogP contribution in [0.5, 0.6) is 0 Å². The molecular weight excluding hydrogens is 324 g/mol. The van der Waals surface area contributed by atoms with Gasteiger partial charge in [-0.2, -0.15) is 0 Å². The molecular formula is C19H40O6. The minimum Gasteiger partial charge on any atom is -0.481 e. The van der Waals surface area contributed by atoms with Crippen molar-refractivity contribution in [2.24, 2.45) is 5.41 Å². The van der Waals surface area contributed by atoms with Gasteiger partial charge in [-0.25, -0.2) is 0 Å². The number of aliphatic hydroxyl groups excluding tert-OH is 2. The van der Waals surface area contributed by atoms with E-state index in [4.69, 9.17) is 24.8 Å². The van der Waals surface area contributed by atoms with E-state index < -0.39 is 17.5 Å². The number of hydrogen-bond acceptors (Lipinski definition) is 5. The molecule has 0 aromatic heterocycles. The third-order valence-corrected chi connectivity index (χ3v) is 4.31. The summed E-state index contributed by atoms with van der Waals surface area (Å²) in [7, 11) is 0. The number of aliphatic carboxylic acids is 1. The fraction of sp³-hybridized carbons (Fsp3) is 0.947. The number of carboxylic acid groups (broad SMARTS) is 1. The molecule has 25 heavy (non-hydrogen) atoms. The third-order valence-electron chi connectivity index (χ3n) is 4.31. The van der Waals surface area contributed by atoms with E-state index in [-0.39, 0.29) is 18.8 Å². The van der Waals surface area contributed by atoms with Crippen LogP contribution in [0.15, 0.2) is 0 Å². The van der Waals surface area contributed by atoms with Gasteiger partial charge in [0, 0.05) is 0 Å². The van der Waals surface area contributed by atoms with Gasteiger partial charge in [-0.1, -0.05) is 33.6 Å². The Morgan fingerprint density at radius 2 is 1.52 bits per heavy atom. The van der Waals surface area contributed by atoms with Crippen molar-refractivity contribution in [2.45, 2.75) is 92.0 Å². The molecule has 0 bridgehead atoms. The van der Waals surface area contributed by atoms with Gasteiger partial charge in [-0.05, 0) is 40.0 Å². The molecule has 3 unspecified atom stereocenters. The van der Waals surface area contributed by atoms with E-state index in [0.717, 1.165) is 32.1 Å². The second-order valence-electron chi connectivity index (χ2n) is 6.72. The largest absolute Gasteiger partial charge is 0.481 e. The molecule has 0 radical (unpaired) electrons. The van der Waals surface area contributed by atoms with Gasteiger partial charge in [0.1, 0.15) is 0 Å². The topological polar surface area (TPSA) is 96.2 Å². The molecule has 0 aliphatic carbocycles. The lowest BCUT2D eigenvalue weighted by atomic mass is 9.78. The van der Waals surface area contributed by atoms with E-state index in [1.54, 1.807) is 13.8 Å². The van der Waals surface area contributed by atoms with E-state index in [0.29, 0.717) is 13.2 Å². The summed E-state index contributed by atoms with van der Waals surface area (Å²) in [4.78, 5) is 11.0. The fourth-order valence-corrected chi connectivity index (χ4v) is 2.23. The zero-order valence-corrected chi connectivity index (χ0v) is 17.0. The van der Waals surface area contributed by atoms with Crippen molar-refractivity contribution in [3.63, 3.8) is 0 Å². The van der Waals surface area contributed by atoms with Crippen LogP contribution < -0.4 is 0 Å². The van der Waals surface area contributed by atoms with Crippen LogP contribution in [-0.4, -0.2) is 59.4 Å². The van der Waals surface area contributed by atoms with Crippen molar-refractivity contribution in [2.75, 3.05) is 19.8 Å². The summed E-state index contributed by atoms with van der Waals surface area (Å²) in [5.74, 6) is -0.624. The van der Waals surface area contributed by atoms with Gasteiger partial charge >= 0.3 is 5.97 Å². The van der Waals surface area contributed by atoms with E-state index >= 15 is 0 Å². The van der Waals surface area contributed by atoms with Gasteiger partial charge in [0.2, 0.25) is 0 Å². The lowest BCUT2D eigenvalue weighted by Gasteiger charge is -2.26. The Bertz CT molecular complexity index is 315. The second kappa shape index (κ2) is 15.6. The number of ether oxygens (including phenoxy) is 2. The fourth-order valence-electron chi connectivity index (χ4n) is 2.23. The number of hydrogen-bond donors (Lipinski definition) is 3. The first-order chi connectivity index (χ1) is 11.7. The van der Waals surface area contributed by atoms with Crippen molar-refractivity contribution < 1.29 is 29.6 Å². The van der Waals surface area contributed by atoms with E-state index in [1.165, 1.54) is 0 Å². The molecule has 152 valence electrons. The molecule has 3 N–H and O–H groups in total. The Morgan fingerprint density at radius 1 is 1.00 bits per heavy atom. The van der Waals surface area contributed by atoms with Crippen molar-refractivity contribution in [3.05, 3.63) is 0 Å². The molecule has 0 heterocycles. The van der Waals surface area contributed by atoms with Crippen LogP contribution >= 0.6 is 0 Å². The Labute approximate surface area is 153 Å². The smallest absolute Gasteiger partial charge is 0.309 e. The van der Waals surface area contributed by atoms with Crippen molar-refractivity contribution in [1.29, 1.82) is 0 Å². The molecule has 0 saturated heterocycles. The molecule has 3 atom stereocenters. The van der Waals surface area contributed by atoms with Crippen molar-refractivity contribution in [1.82, 2.24) is 0 Å². The summed E-state index contributed by atoms with van der Waals surface area (Å²) in [6.45, 7) is 12.1. The van der Waals surface area contributed by atoms with Gasteiger partial charge in [-0.3, -0.25) is 4.79 Å². The third kappa shape index (κ3) is 13.2. The minimum atomic E-state index is -0.624. The average Bonchev–Trinajstić information content (AvgIpc) is 2.59. The zero-order chi connectivity index (χ0) is 19.9. The molecule has 0 aromatic rings. The molecule has 0 saturated carbocycles. The van der Waals surface area contributed by atoms with Crippen molar-refractivity contribution in [3.8, 4) is 0 Å². The van der Waals surface area contributed by atoms with Crippen LogP contribution in [0.3, 0.4) is 0 Å². The molecule has 0 spiro atoms. The number of carboxylic acids is 1. The van der Waals surface area contributed by atoms with Gasteiger partial charge in [0.25, 0.3) is 0 Å². The second-order valence-corrected chi connectivity index (χ2v) is 6.72. The Kier molecular flexibility index (Phi) is 16.5. The summed E-state index contributed by atoms with van der Waals surface area (Å²) in [5.41, 5.74) is -0.448. The SMILES string of the molecule is CC(O)COC(C)COC(C)CO.CCCCC(CC)(CC)C(=O)O. The average molecular weight is 365 g/mol. The van der Waals surface area contributed by atoms with Gasteiger partial charge in [0.05, 0.1) is 43.5 Å². The van der Waals surface area contributed by atoms with E-state index in [2.05, 4.69) is 6.92 Å². The molecule has 0 amide bonds. The molecule has 6 nitrogen and oxygen atoms in total. The monoisotopic (exact) mass is 364 g/mol. The molecule has 0 fully saturated rings. The van der Waals surface area contributed by atoms with Crippen molar-refractivity contribution >= 4 is 5.97 Å². The zero-order valence-electron chi connectivity index (χ0n) is 17.0. The van der Waals surface area contributed by atoms with Crippen LogP contribution in [0.2, 0.25) is 0 Å². The lowest BCUT2D eigenvalue weighted by Crippen LogP contribution is -2.29. The highest BCUT2D eigenvalue weighted by atomic mass is 16.5. The Morgan fingerprint density at radius 3 is 1.88 bits per heavy atom. The maximum Gasteiger partial charge on any atom is 0.309 e. The standard InChI is InChI=1S/C10H20O2.C9H20O4/c1-4-7-8-10(5-2,6-3)9(11)12;1-7(11)5-12-9(3)6-13-8(2)4-10/h4-8H2,1-3H3,(H,11,12);7-11H,4-6H2,1-3H3. The van der Waals surface area contributed by atoms with E-state index in [9.17, 15) is 4.79 Å². The maximum atomic E-state index is 11.0. The maximum absolute atomic E-state index is 11.0. The van der Waals surface area contributed by atoms with Crippen LogP contribution in [0.4, 0.5) is 0 Å². The Hall–Kier alpha value is -0.690. The lowest BCUT2D eigenvalue weighted by molar-refractivity contribution is -0.150. The van der Waals surface area contributed by atoms with Gasteiger partial charge in [-0.15, -0.1) is 0 Å². The van der Waals surface area contributed by atoms with Gasteiger partial charge < -0.3 is 24.8 Å². The highest BCUT2D eigenvalue weighted by Crippen LogP contribution is 2.32. The first kappa shape index (κ1) is 26.5. The highest BCUT2D eigenvalue weighted by molar-refractivity contribution is 5.74. The normalized spacial score (nSPS) is 15.0. The summed E-state index contributed by atoms with van der Waals surface area (Å²) >= 11 is 0. The predicted octanol–water partition coefficient (Wildman–Crippen LogP) is 3.24. The molecule has 0 aromatic carbocycles. The molecule has 6 heteroatoms. The van der Waals surface area contributed by atoms with Crippen LogP contribution in [0, 0.1) is 5.41 Å². The number of carbonyl (C=O) groups is 1. The van der Waals surface area contributed by atoms with E-state index in [1.807, 2.05) is 20.8 Å². The van der Waals surface area contributed by atoms with Crippen LogP contribution in [-0.2, 0) is 14.3 Å². The van der Waals surface area contributed by atoms with Crippen LogP contribution in [0.1, 0.15) is 73.6 Å². The molecule has 0 rings (SSSR count). The number of unbranched alkanes of at least 4 members (excludes halogenated alkanes) is 1. The summed E-state index contributed by atoms with van der Waals surface area (Å²) < 4.78 is 10.5. The van der Waals surface area contributed by atoms with Crippen LogP contribution in [0.25, 0.3) is 0 Å². The highest BCUT2D eigenvalue weighted by Gasteiger charge is 2.33.